The van der Waals surface area contributed by atoms with Gasteiger partial charge in [-0.05, 0) is 19.1 Å². The van der Waals surface area contributed by atoms with E-state index in [1.54, 1.807) is 12.1 Å². The molecule has 0 atom stereocenters. The fourth-order valence-electron chi connectivity index (χ4n) is 2.53. The van der Waals surface area contributed by atoms with Crippen LogP contribution in [0.1, 0.15) is 11.3 Å². The van der Waals surface area contributed by atoms with Gasteiger partial charge in [-0.15, -0.1) is 10.2 Å². The molecule has 0 radical (unpaired) electrons. The van der Waals surface area contributed by atoms with E-state index in [2.05, 4.69) is 15.2 Å². The van der Waals surface area contributed by atoms with E-state index in [0.717, 1.165) is 12.5 Å². The molecule has 0 N–H and O–H groups in total. The van der Waals surface area contributed by atoms with Gasteiger partial charge in [0.1, 0.15) is 5.52 Å². The number of fused-ring (bicyclic) bond motifs is 3. The molecule has 1 aromatic carbocycles. The summed E-state index contributed by atoms with van der Waals surface area (Å²) < 4.78 is 50.4. The molecular formula is C15H8F3N3O2. The molecule has 0 fully saturated rings. The second-order valence-electron chi connectivity index (χ2n) is 5.04. The van der Waals surface area contributed by atoms with Gasteiger partial charge in [0.15, 0.2) is 11.3 Å². The standard InChI is InChI=1S/C15H8F3N3O2/c1-7-4-10(15(16,17)18)9-3-2-8-5-11(14-21-19-6-22-14)23-13(8)12(9)20-7/h2-6H,1H3. The van der Waals surface area contributed by atoms with Gasteiger partial charge < -0.3 is 8.83 Å². The predicted octanol–water partition coefficient (Wildman–Crippen LogP) is 4.36. The van der Waals surface area contributed by atoms with Crippen molar-refractivity contribution in [2.24, 2.45) is 0 Å². The number of halogens is 3. The maximum absolute atomic E-state index is 13.2. The number of aryl methyl sites for hydroxylation is 1. The third kappa shape index (κ3) is 2.14. The zero-order valence-electron chi connectivity index (χ0n) is 11.7. The van der Waals surface area contributed by atoms with E-state index < -0.39 is 11.7 Å². The van der Waals surface area contributed by atoms with Crippen LogP contribution in [0, 0.1) is 6.92 Å². The zero-order chi connectivity index (χ0) is 16.2. The van der Waals surface area contributed by atoms with Crippen LogP contribution in [0.25, 0.3) is 33.5 Å². The van der Waals surface area contributed by atoms with Crippen molar-refractivity contribution in [2.75, 3.05) is 0 Å². The van der Waals surface area contributed by atoms with E-state index in [9.17, 15) is 13.2 Å². The Kier molecular flexibility index (Phi) is 2.72. The van der Waals surface area contributed by atoms with Gasteiger partial charge in [-0.2, -0.15) is 13.2 Å². The molecule has 0 aliphatic rings. The summed E-state index contributed by atoms with van der Waals surface area (Å²) in [6.07, 6.45) is -3.33. The van der Waals surface area contributed by atoms with Crippen molar-refractivity contribution in [1.29, 1.82) is 0 Å². The van der Waals surface area contributed by atoms with E-state index in [1.165, 1.54) is 13.0 Å². The lowest BCUT2D eigenvalue weighted by Crippen LogP contribution is -2.07. The molecule has 4 aromatic rings. The second kappa shape index (κ2) is 4.55. The van der Waals surface area contributed by atoms with Crippen LogP contribution in [0.3, 0.4) is 0 Å². The van der Waals surface area contributed by atoms with Gasteiger partial charge in [-0.3, -0.25) is 0 Å². The van der Waals surface area contributed by atoms with Crippen LogP contribution in [0.15, 0.2) is 39.5 Å². The first-order valence-corrected chi connectivity index (χ1v) is 6.61. The molecule has 0 unspecified atom stereocenters. The number of aromatic nitrogens is 3. The molecule has 3 aromatic heterocycles. The minimum Gasteiger partial charge on any atom is -0.449 e. The third-order valence-electron chi connectivity index (χ3n) is 3.47. The van der Waals surface area contributed by atoms with Crippen molar-refractivity contribution in [3.05, 3.63) is 41.9 Å². The molecule has 23 heavy (non-hydrogen) atoms. The van der Waals surface area contributed by atoms with E-state index in [1.807, 2.05) is 0 Å². The fourth-order valence-corrected chi connectivity index (χ4v) is 2.53. The highest BCUT2D eigenvalue weighted by atomic mass is 19.4. The summed E-state index contributed by atoms with van der Waals surface area (Å²) in [7, 11) is 0. The summed E-state index contributed by atoms with van der Waals surface area (Å²) in [5.41, 5.74) is -0.0730. The number of hydrogen-bond acceptors (Lipinski definition) is 5. The van der Waals surface area contributed by atoms with Gasteiger partial charge in [0.25, 0.3) is 5.89 Å². The number of pyridine rings is 1. The lowest BCUT2D eigenvalue weighted by molar-refractivity contribution is -0.136. The van der Waals surface area contributed by atoms with Crippen LogP contribution in [-0.2, 0) is 6.18 Å². The van der Waals surface area contributed by atoms with E-state index in [0.29, 0.717) is 5.39 Å². The normalized spacial score (nSPS) is 12.3. The molecule has 0 saturated carbocycles. The SMILES string of the molecule is Cc1cc(C(F)(F)F)c2ccc3cc(-c4nnco4)oc3c2n1. The van der Waals surface area contributed by atoms with E-state index in [-0.39, 0.29) is 33.8 Å². The van der Waals surface area contributed by atoms with Gasteiger partial charge in [0.2, 0.25) is 6.39 Å². The molecular weight excluding hydrogens is 311 g/mol. The number of benzene rings is 1. The van der Waals surface area contributed by atoms with Crippen molar-refractivity contribution in [2.45, 2.75) is 13.1 Å². The Morgan fingerprint density at radius 1 is 1.13 bits per heavy atom. The van der Waals surface area contributed by atoms with Crippen LogP contribution in [0.2, 0.25) is 0 Å². The Bertz CT molecular complexity index is 1020. The van der Waals surface area contributed by atoms with E-state index >= 15 is 0 Å². The third-order valence-corrected chi connectivity index (χ3v) is 3.47. The second-order valence-corrected chi connectivity index (χ2v) is 5.04. The van der Waals surface area contributed by atoms with Crippen molar-refractivity contribution >= 4 is 21.9 Å². The average Bonchev–Trinajstić information content (AvgIpc) is 3.14. The first-order chi connectivity index (χ1) is 10.9. The van der Waals surface area contributed by atoms with Gasteiger partial charge in [-0.1, -0.05) is 12.1 Å². The topological polar surface area (TPSA) is 65.0 Å². The van der Waals surface area contributed by atoms with Crippen LogP contribution in [0.4, 0.5) is 13.2 Å². The monoisotopic (exact) mass is 319 g/mol. The maximum Gasteiger partial charge on any atom is 0.417 e. The number of furan rings is 1. The summed E-state index contributed by atoms with van der Waals surface area (Å²) in [6.45, 7) is 1.51. The Morgan fingerprint density at radius 3 is 2.65 bits per heavy atom. The lowest BCUT2D eigenvalue weighted by Gasteiger charge is -2.11. The molecule has 3 heterocycles. The zero-order valence-corrected chi connectivity index (χ0v) is 11.7. The maximum atomic E-state index is 13.2. The molecule has 0 amide bonds. The van der Waals surface area contributed by atoms with Gasteiger partial charge in [-0.25, -0.2) is 4.98 Å². The summed E-state index contributed by atoms with van der Waals surface area (Å²) in [5.74, 6) is 0.430. The molecule has 4 rings (SSSR count). The van der Waals surface area contributed by atoms with Crippen LogP contribution >= 0.6 is 0 Å². The van der Waals surface area contributed by atoms with Crippen LogP contribution < -0.4 is 0 Å². The number of hydrogen-bond donors (Lipinski definition) is 0. The van der Waals surface area contributed by atoms with E-state index in [4.69, 9.17) is 8.83 Å². The van der Waals surface area contributed by atoms with Crippen molar-refractivity contribution < 1.29 is 22.0 Å². The van der Waals surface area contributed by atoms with Crippen LogP contribution in [-0.4, -0.2) is 15.2 Å². The first-order valence-electron chi connectivity index (χ1n) is 6.61. The fraction of sp³-hybridized carbons (Fsp3) is 0.133. The number of alkyl halides is 3. The molecule has 0 bridgehead atoms. The highest BCUT2D eigenvalue weighted by Crippen LogP contribution is 2.38. The molecule has 0 aliphatic carbocycles. The Balaban J connectivity index is 2.07. The summed E-state index contributed by atoms with van der Waals surface area (Å²) in [4.78, 5) is 4.21. The van der Waals surface area contributed by atoms with Gasteiger partial charge in [0.05, 0.1) is 5.56 Å². The highest BCUT2D eigenvalue weighted by molar-refractivity contribution is 6.04. The minimum absolute atomic E-state index is 0.0120. The number of nitrogens with zero attached hydrogens (tertiary/aromatic N) is 3. The minimum atomic E-state index is -4.47. The molecule has 0 aliphatic heterocycles. The van der Waals surface area contributed by atoms with Crippen molar-refractivity contribution in [1.82, 2.24) is 15.2 Å². The molecule has 5 nitrogen and oxygen atoms in total. The average molecular weight is 319 g/mol. The van der Waals surface area contributed by atoms with Gasteiger partial charge >= 0.3 is 6.18 Å². The Hall–Kier alpha value is -2.90. The summed E-state index contributed by atoms with van der Waals surface area (Å²) >= 11 is 0. The largest absolute Gasteiger partial charge is 0.449 e. The van der Waals surface area contributed by atoms with Crippen molar-refractivity contribution in [3.8, 4) is 11.7 Å². The summed E-state index contributed by atoms with van der Waals surface area (Å²) in [6, 6.07) is 5.59. The highest BCUT2D eigenvalue weighted by Gasteiger charge is 2.33. The molecule has 116 valence electrons. The smallest absolute Gasteiger partial charge is 0.417 e. The Morgan fingerprint density at radius 2 is 1.96 bits per heavy atom. The molecule has 8 heteroatoms. The first kappa shape index (κ1) is 13.7. The van der Waals surface area contributed by atoms with Gasteiger partial charge in [0, 0.05) is 16.5 Å². The quantitative estimate of drug-likeness (QED) is 0.521. The molecule has 0 spiro atoms. The summed E-state index contributed by atoms with van der Waals surface area (Å²) in [5, 5.41) is 7.87. The lowest BCUT2D eigenvalue weighted by atomic mass is 10.1. The van der Waals surface area contributed by atoms with Crippen molar-refractivity contribution in [3.63, 3.8) is 0 Å². The molecule has 0 saturated heterocycles. The Labute approximate surface area is 126 Å². The van der Waals surface area contributed by atoms with Crippen LogP contribution in [0.5, 0.6) is 0 Å². The predicted molar refractivity (Wildman–Crippen MR) is 74.5 cm³/mol. The number of rotatable bonds is 1.